The number of ether oxygens (including phenoxy) is 1. The van der Waals surface area contributed by atoms with Crippen molar-refractivity contribution < 1.29 is 22.7 Å². The third kappa shape index (κ3) is 5.09. The topological polar surface area (TPSA) is 108 Å². The molecule has 150 valence electrons. The van der Waals surface area contributed by atoms with E-state index in [1.807, 2.05) is 6.07 Å². The average Bonchev–Trinajstić information content (AvgIpc) is 3.22. The van der Waals surface area contributed by atoms with Crippen LogP contribution in [0.5, 0.6) is 0 Å². The van der Waals surface area contributed by atoms with Crippen molar-refractivity contribution in [3.63, 3.8) is 0 Å². The summed E-state index contributed by atoms with van der Waals surface area (Å²) in [5, 5.41) is 8.79. The Morgan fingerprint density at radius 3 is 2.32 bits per heavy atom. The second kappa shape index (κ2) is 8.71. The summed E-state index contributed by atoms with van der Waals surface area (Å²) in [4.78, 5) is 27.9. The molecule has 3 rings (SSSR count). The predicted octanol–water partition coefficient (Wildman–Crippen LogP) is 0.323. The number of rotatable bonds is 5. The highest BCUT2D eigenvalue weighted by molar-refractivity contribution is 7.91. The maximum absolute atomic E-state index is 12.4. The molecule has 1 aromatic carbocycles. The molecule has 2 aliphatic heterocycles. The molecule has 0 aromatic heterocycles. The van der Waals surface area contributed by atoms with Crippen LogP contribution >= 0.6 is 0 Å². The van der Waals surface area contributed by atoms with E-state index in [-0.39, 0.29) is 17.8 Å². The normalized spacial score (nSPS) is 20.0. The van der Waals surface area contributed by atoms with Crippen LogP contribution in [0.1, 0.15) is 24.0 Å². The third-order valence-corrected chi connectivity index (χ3v) is 6.42. The van der Waals surface area contributed by atoms with Crippen LogP contribution in [0, 0.1) is 11.3 Å². The fourth-order valence-corrected chi connectivity index (χ4v) is 4.77. The summed E-state index contributed by atoms with van der Waals surface area (Å²) in [5.41, 5.74) is 0.992. The van der Waals surface area contributed by atoms with Crippen LogP contribution < -0.4 is 0 Å². The first-order chi connectivity index (χ1) is 13.4. The summed E-state index contributed by atoms with van der Waals surface area (Å²) < 4.78 is 30.1. The van der Waals surface area contributed by atoms with Crippen molar-refractivity contribution in [1.82, 2.24) is 9.80 Å². The standard InChI is InChI=1S/C19H23N3O5S/c20-12-15-3-5-16(6-4-15)13-28(25,26)14-18(23)21-7-9-22(10-8-21)19(24)17-2-1-11-27-17/h3-6,17H,1-2,7-11,13-14H2. The van der Waals surface area contributed by atoms with Gasteiger partial charge in [-0.15, -0.1) is 0 Å². The van der Waals surface area contributed by atoms with Crippen molar-refractivity contribution in [3.8, 4) is 6.07 Å². The number of benzene rings is 1. The zero-order valence-electron chi connectivity index (χ0n) is 15.5. The summed E-state index contributed by atoms with van der Waals surface area (Å²) in [6, 6.07) is 8.24. The van der Waals surface area contributed by atoms with Crippen LogP contribution in [0.15, 0.2) is 24.3 Å². The van der Waals surface area contributed by atoms with Gasteiger partial charge in [0.05, 0.1) is 17.4 Å². The Balaban J connectivity index is 1.50. The highest BCUT2D eigenvalue weighted by Crippen LogP contribution is 2.16. The van der Waals surface area contributed by atoms with Gasteiger partial charge in [-0.05, 0) is 30.5 Å². The molecule has 1 atom stereocenters. The average molecular weight is 405 g/mol. The maximum atomic E-state index is 12.4. The number of carbonyl (C=O) groups is 2. The molecule has 8 nitrogen and oxygen atoms in total. The van der Waals surface area contributed by atoms with Gasteiger partial charge in [-0.25, -0.2) is 8.42 Å². The number of hydrogen-bond donors (Lipinski definition) is 0. The van der Waals surface area contributed by atoms with E-state index >= 15 is 0 Å². The minimum atomic E-state index is -3.62. The third-order valence-electron chi connectivity index (χ3n) is 4.96. The number of carbonyl (C=O) groups excluding carboxylic acids is 2. The zero-order valence-corrected chi connectivity index (χ0v) is 16.4. The minimum Gasteiger partial charge on any atom is -0.368 e. The molecule has 2 aliphatic rings. The highest BCUT2D eigenvalue weighted by Gasteiger charge is 2.32. The van der Waals surface area contributed by atoms with E-state index in [4.69, 9.17) is 10.00 Å². The SMILES string of the molecule is N#Cc1ccc(CS(=O)(=O)CC(=O)N2CCN(C(=O)C3CCCO3)CC2)cc1. The molecule has 2 amide bonds. The van der Waals surface area contributed by atoms with E-state index in [1.165, 1.54) is 4.90 Å². The summed E-state index contributed by atoms with van der Waals surface area (Å²) in [7, 11) is -3.62. The quantitative estimate of drug-likeness (QED) is 0.698. The Labute approximate surface area is 164 Å². The molecular weight excluding hydrogens is 382 g/mol. The number of amides is 2. The van der Waals surface area contributed by atoms with Gasteiger partial charge in [-0.1, -0.05) is 12.1 Å². The summed E-state index contributed by atoms with van der Waals surface area (Å²) >= 11 is 0. The number of nitrogens with zero attached hydrogens (tertiary/aromatic N) is 3. The van der Waals surface area contributed by atoms with Crippen molar-refractivity contribution in [1.29, 1.82) is 5.26 Å². The molecule has 1 aromatic rings. The lowest BCUT2D eigenvalue weighted by molar-refractivity contribution is -0.145. The Morgan fingerprint density at radius 2 is 1.75 bits per heavy atom. The lowest BCUT2D eigenvalue weighted by Crippen LogP contribution is -2.53. The van der Waals surface area contributed by atoms with Crippen molar-refractivity contribution in [3.05, 3.63) is 35.4 Å². The lowest BCUT2D eigenvalue weighted by Gasteiger charge is -2.35. The van der Waals surface area contributed by atoms with E-state index < -0.39 is 21.5 Å². The Bertz CT molecular complexity index is 862. The van der Waals surface area contributed by atoms with Gasteiger partial charge in [0.2, 0.25) is 5.91 Å². The van der Waals surface area contributed by atoms with Crippen molar-refractivity contribution >= 4 is 21.7 Å². The van der Waals surface area contributed by atoms with Gasteiger partial charge in [0.25, 0.3) is 5.91 Å². The van der Waals surface area contributed by atoms with Gasteiger partial charge in [-0.3, -0.25) is 9.59 Å². The van der Waals surface area contributed by atoms with Crippen LogP contribution in [0.3, 0.4) is 0 Å². The number of piperazine rings is 1. The van der Waals surface area contributed by atoms with Crippen LogP contribution in [-0.4, -0.2) is 74.7 Å². The fraction of sp³-hybridized carbons (Fsp3) is 0.526. The van der Waals surface area contributed by atoms with Crippen LogP contribution in [0.25, 0.3) is 0 Å². The van der Waals surface area contributed by atoms with Gasteiger partial charge < -0.3 is 14.5 Å². The van der Waals surface area contributed by atoms with Gasteiger partial charge >= 0.3 is 0 Å². The van der Waals surface area contributed by atoms with Gasteiger partial charge in [-0.2, -0.15) is 5.26 Å². The molecule has 2 fully saturated rings. The predicted molar refractivity (Wildman–Crippen MR) is 101 cm³/mol. The molecular formula is C19H23N3O5S. The van der Waals surface area contributed by atoms with E-state index in [0.717, 1.165) is 12.8 Å². The molecule has 2 heterocycles. The fourth-order valence-electron chi connectivity index (χ4n) is 3.41. The monoisotopic (exact) mass is 405 g/mol. The maximum Gasteiger partial charge on any atom is 0.251 e. The first-order valence-electron chi connectivity index (χ1n) is 9.25. The Morgan fingerprint density at radius 1 is 1.11 bits per heavy atom. The largest absolute Gasteiger partial charge is 0.368 e. The minimum absolute atomic E-state index is 0.0435. The van der Waals surface area contributed by atoms with E-state index in [1.54, 1.807) is 29.2 Å². The molecule has 9 heteroatoms. The number of sulfone groups is 1. The Kier molecular flexibility index (Phi) is 6.31. The lowest BCUT2D eigenvalue weighted by atomic mass is 10.2. The van der Waals surface area contributed by atoms with Crippen LogP contribution in [0.4, 0.5) is 0 Å². The molecule has 0 N–H and O–H groups in total. The molecule has 0 bridgehead atoms. The van der Waals surface area contributed by atoms with Gasteiger partial charge in [0, 0.05) is 32.8 Å². The van der Waals surface area contributed by atoms with E-state index in [0.29, 0.717) is 43.9 Å². The first-order valence-corrected chi connectivity index (χ1v) is 11.1. The smallest absolute Gasteiger partial charge is 0.251 e. The Hall–Kier alpha value is -2.44. The zero-order chi connectivity index (χ0) is 20.1. The molecule has 0 spiro atoms. The second-order valence-corrected chi connectivity index (χ2v) is 9.11. The van der Waals surface area contributed by atoms with Crippen molar-refractivity contribution in [2.24, 2.45) is 0 Å². The summed E-state index contributed by atoms with van der Waals surface area (Å²) in [6.45, 7) is 2.03. The van der Waals surface area contributed by atoms with Crippen molar-refractivity contribution in [2.75, 3.05) is 38.5 Å². The summed E-state index contributed by atoms with van der Waals surface area (Å²) in [6.07, 6.45) is 1.23. The highest BCUT2D eigenvalue weighted by atomic mass is 32.2. The molecule has 1 unspecified atom stereocenters. The molecule has 28 heavy (non-hydrogen) atoms. The second-order valence-electron chi connectivity index (χ2n) is 7.05. The summed E-state index contributed by atoms with van der Waals surface area (Å²) in [5.74, 6) is -1.30. The molecule has 0 aliphatic carbocycles. The number of hydrogen-bond acceptors (Lipinski definition) is 6. The molecule has 0 radical (unpaired) electrons. The first kappa shape index (κ1) is 20.3. The van der Waals surface area contributed by atoms with Gasteiger partial charge in [0.1, 0.15) is 11.9 Å². The molecule has 0 saturated carbocycles. The van der Waals surface area contributed by atoms with Crippen LogP contribution in [0.2, 0.25) is 0 Å². The van der Waals surface area contributed by atoms with Crippen molar-refractivity contribution in [2.45, 2.75) is 24.7 Å². The van der Waals surface area contributed by atoms with Crippen LogP contribution in [-0.2, 0) is 29.9 Å². The number of nitriles is 1. The van der Waals surface area contributed by atoms with E-state index in [9.17, 15) is 18.0 Å². The molecule has 2 saturated heterocycles. The van der Waals surface area contributed by atoms with Gasteiger partial charge in [0.15, 0.2) is 9.84 Å². The van der Waals surface area contributed by atoms with E-state index in [2.05, 4.69) is 0 Å².